The van der Waals surface area contributed by atoms with Crippen molar-refractivity contribution in [2.45, 2.75) is 13.3 Å². The third-order valence-electron chi connectivity index (χ3n) is 4.53. The van der Waals surface area contributed by atoms with Crippen molar-refractivity contribution < 1.29 is 4.74 Å². The lowest BCUT2D eigenvalue weighted by atomic mass is 10.1. The van der Waals surface area contributed by atoms with Crippen LogP contribution in [0.1, 0.15) is 12.5 Å². The summed E-state index contributed by atoms with van der Waals surface area (Å²) in [5.41, 5.74) is 0.961. The Balaban J connectivity index is 1.81. The van der Waals surface area contributed by atoms with E-state index in [9.17, 15) is 9.59 Å². The van der Waals surface area contributed by atoms with Gasteiger partial charge in [-0.15, -0.1) is 0 Å². The first-order valence-electron chi connectivity index (χ1n) is 8.61. The van der Waals surface area contributed by atoms with Gasteiger partial charge in [-0.25, -0.2) is 14.3 Å². The van der Waals surface area contributed by atoms with E-state index in [1.54, 1.807) is 12.1 Å². The summed E-state index contributed by atoms with van der Waals surface area (Å²) in [6.45, 7) is 4.61. The average molecular weight is 353 g/mol. The molecule has 0 atom stereocenters. The van der Waals surface area contributed by atoms with E-state index < -0.39 is 11.2 Å². The van der Waals surface area contributed by atoms with Gasteiger partial charge in [-0.05, 0) is 24.1 Å². The Morgan fingerprint density at radius 2 is 1.88 bits per heavy atom. The van der Waals surface area contributed by atoms with E-state index >= 15 is 0 Å². The highest BCUT2D eigenvalue weighted by Crippen LogP contribution is 2.13. The Labute approximate surface area is 149 Å². The number of rotatable bonds is 3. The second-order valence-electron chi connectivity index (χ2n) is 6.12. The number of benzene rings is 1. The first kappa shape index (κ1) is 16.5. The van der Waals surface area contributed by atoms with E-state index in [1.807, 2.05) is 24.0 Å². The molecule has 1 saturated heterocycles. The minimum Gasteiger partial charge on any atom is -0.378 e. The number of hydrogen-bond donors (Lipinski definition) is 1. The smallest absolute Gasteiger partial charge is 0.334 e. The maximum atomic E-state index is 12.8. The quantitative estimate of drug-likeness (QED) is 0.751. The van der Waals surface area contributed by atoms with Crippen LogP contribution < -0.4 is 16.1 Å². The highest BCUT2D eigenvalue weighted by Gasteiger charge is 2.16. The molecule has 1 N–H and O–H groups in total. The number of aryl methyl sites for hydroxylation is 1. The molecule has 8 nitrogen and oxygen atoms in total. The second-order valence-corrected chi connectivity index (χ2v) is 6.12. The highest BCUT2D eigenvalue weighted by molar-refractivity contribution is 5.73. The summed E-state index contributed by atoms with van der Waals surface area (Å²) >= 11 is 0. The van der Waals surface area contributed by atoms with Crippen LogP contribution in [0.25, 0.3) is 16.7 Å². The number of H-pyrrole nitrogens is 1. The van der Waals surface area contributed by atoms with Crippen LogP contribution in [0.4, 0.5) is 5.95 Å². The summed E-state index contributed by atoms with van der Waals surface area (Å²) in [6, 6.07) is 7.35. The Morgan fingerprint density at radius 1 is 1.15 bits per heavy atom. The van der Waals surface area contributed by atoms with Crippen LogP contribution in [0.3, 0.4) is 0 Å². The van der Waals surface area contributed by atoms with E-state index in [0.29, 0.717) is 37.9 Å². The van der Waals surface area contributed by atoms with Crippen molar-refractivity contribution in [1.82, 2.24) is 19.5 Å². The molecule has 0 unspecified atom stereocenters. The van der Waals surface area contributed by atoms with Gasteiger partial charge < -0.3 is 9.64 Å². The minimum atomic E-state index is -0.515. The molecule has 1 aliphatic rings. The molecule has 1 aromatic carbocycles. The second kappa shape index (κ2) is 6.72. The van der Waals surface area contributed by atoms with Gasteiger partial charge in [0, 0.05) is 19.3 Å². The fraction of sp³-hybridized carbons (Fsp3) is 0.333. The number of nitrogens with one attached hydrogen (secondary N) is 1. The van der Waals surface area contributed by atoms with Gasteiger partial charge in [0.25, 0.3) is 5.56 Å². The fourth-order valence-corrected chi connectivity index (χ4v) is 3.03. The van der Waals surface area contributed by atoms with Crippen molar-refractivity contribution in [2.75, 3.05) is 31.2 Å². The van der Waals surface area contributed by atoms with Crippen LogP contribution in [0, 0.1) is 0 Å². The van der Waals surface area contributed by atoms with Crippen molar-refractivity contribution in [2.24, 2.45) is 0 Å². The van der Waals surface area contributed by atoms with Crippen LogP contribution in [0.15, 0.2) is 40.1 Å². The van der Waals surface area contributed by atoms with Gasteiger partial charge >= 0.3 is 5.69 Å². The third-order valence-corrected chi connectivity index (χ3v) is 4.53. The molecule has 0 saturated carbocycles. The van der Waals surface area contributed by atoms with Crippen molar-refractivity contribution >= 4 is 17.0 Å². The van der Waals surface area contributed by atoms with Crippen LogP contribution in [-0.2, 0) is 11.2 Å². The van der Waals surface area contributed by atoms with E-state index in [-0.39, 0.29) is 11.0 Å². The first-order valence-corrected chi connectivity index (χ1v) is 8.61. The Morgan fingerprint density at radius 3 is 2.58 bits per heavy atom. The lowest BCUT2D eigenvalue weighted by Crippen LogP contribution is -2.38. The van der Waals surface area contributed by atoms with Crippen molar-refractivity contribution in [3.05, 3.63) is 56.9 Å². The molecule has 0 amide bonds. The van der Waals surface area contributed by atoms with Crippen LogP contribution in [0.5, 0.6) is 0 Å². The molecule has 0 radical (unpaired) electrons. The number of aromatic amines is 1. The summed E-state index contributed by atoms with van der Waals surface area (Å²) in [5.74, 6) is 0.487. The van der Waals surface area contributed by atoms with Gasteiger partial charge in [-0.1, -0.05) is 19.1 Å². The molecular weight excluding hydrogens is 334 g/mol. The Bertz CT molecular complexity index is 1050. The number of anilines is 1. The highest BCUT2D eigenvalue weighted by atomic mass is 16.5. The largest absolute Gasteiger partial charge is 0.378 e. The number of fused-ring (bicyclic) bond motifs is 1. The minimum absolute atomic E-state index is 0.248. The zero-order chi connectivity index (χ0) is 18.1. The predicted octanol–water partition coefficient (Wildman–Crippen LogP) is 0.868. The molecule has 0 bridgehead atoms. The van der Waals surface area contributed by atoms with Crippen molar-refractivity contribution in [3.63, 3.8) is 0 Å². The zero-order valence-electron chi connectivity index (χ0n) is 14.4. The molecule has 0 spiro atoms. The zero-order valence-corrected chi connectivity index (χ0v) is 14.4. The van der Waals surface area contributed by atoms with Crippen LogP contribution in [-0.4, -0.2) is 45.8 Å². The first-order chi connectivity index (χ1) is 12.7. The van der Waals surface area contributed by atoms with Crippen molar-refractivity contribution in [1.29, 1.82) is 0 Å². The van der Waals surface area contributed by atoms with Crippen molar-refractivity contribution in [3.8, 4) is 5.69 Å². The third kappa shape index (κ3) is 2.88. The maximum absolute atomic E-state index is 12.8. The predicted molar refractivity (Wildman–Crippen MR) is 98.2 cm³/mol. The number of nitrogens with zero attached hydrogens (tertiary/aromatic N) is 4. The van der Waals surface area contributed by atoms with Crippen LogP contribution >= 0.6 is 0 Å². The lowest BCUT2D eigenvalue weighted by molar-refractivity contribution is 0.122. The van der Waals surface area contributed by atoms with E-state index in [1.165, 1.54) is 6.20 Å². The summed E-state index contributed by atoms with van der Waals surface area (Å²) in [4.78, 5) is 38.7. The SMILES string of the molecule is CCc1ccc(-n2c(=O)[nH]c3nc(N4CCOCC4)ncc3c2=O)cc1. The maximum Gasteiger partial charge on any atom is 0.334 e. The molecule has 8 heteroatoms. The number of hydrogen-bond acceptors (Lipinski definition) is 6. The molecule has 1 fully saturated rings. The van der Waals surface area contributed by atoms with Crippen LogP contribution in [0.2, 0.25) is 0 Å². The van der Waals surface area contributed by atoms with E-state index in [0.717, 1.165) is 16.6 Å². The molecular formula is C18H19N5O3. The van der Waals surface area contributed by atoms with Gasteiger partial charge in [0.15, 0.2) is 5.65 Å². The van der Waals surface area contributed by atoms with Gasteiger partial charge in [0.1, 0.15) is 5.39 Å². The molecule has 2 aromatic heterocycles. The van der Waals surface area contributed by atoms with Gasteiger partial charge in [-0.2, -0.15) is 4.98 Å². The summed E-state index contributed by atoms with van der Waals surface area (Å²) < 4.78 is 6.43. The fourth-order valence-electron chi connectivity index (χ4n) is 3.03. The Hall–Kier alpha value is -3.00. The van der Waals surface area contributed by atoms with Gasteiger partial charge in [-0.3, -0.25) is 9.78 Å². The van der Waals surface area contributed by atoms with Gasteiger partial charge in [0.2, 0.25) is 5.95 Å². The lowest BCUT2D eigenvalue weighted by Gasteiger charge is -2.26. The summed E-state index contributed by atoms with van der Waals surface area (Å²) in [5, 5.41) is 0.279. The molecule has 3 heterocycles. The molecule has 0 aliphatic carbocycles. The van der Waals surface area contributed by atoms with Gasteiger partial charge in [0.05, 0.1) is 18.9 Å². The number of morpholine rings is 1. The van der Waals surface area contributed by atoms with E-state index in [2.05, 4.69) is 15.0 Å². The molecule has 26 heavy (non-hydrogen) atoms. The normalized spacial score (nSPS) is 14.7. The summed E-state index contributed by atoms with van der Waals surface area (Å²) in [7, 11) is 0. The topological polar surface area (TPSA) is 93.1 Å². The van der Waals surface area contributed by atoms with E-state index in [4.69, 9.17) is 4.74 Å². The molecule has 4 rings (SSSR count). The average Bonchev–Trinajstić information content (AvgIpc) is 2.69. The monoisotopic (exact) mass is 353 g/mol. The standard InChI is InChI=1S/C18H19N5O3/c1-2-12-3-5-13(6-4-12)23-16(24)14-11-19-17(20-15(14)21-18(23)25)22-7-9-26-10-8-22/h3-6,11H,2,7-10H2,1H3,(H,19,20,21,25). The number of aromatic nitrogens is 4. The summed E-state index contributed by atoms with van der Waals surface area (Å²) in [6.07, 6.45) is 2.36. The number of ether oxygens (including phenoxy) is 1. The Kier molecular flexibility index (Phi) is 4.26. The molecule has 134 valence electrons. The molecule has 1 aliphatic heterocycles. The molecule has 3 aromatic rings.